The number of hydrogen-bond donors (Lipinski definition) is 0. The second kappa shape index (κ2) is 7.77. The Kier molecular flexibility index (Phi) is 5.29. The number of hydrogen-bond acceptors (Lipinski definition) is 9. The first-order valence-electron chi connectivity index (χ1n) is 9.25. The molecule has 0 amide bonds. The molecule has 4 atom stereocenters. The van der Waals surface area contributed by atoms with E-state index in [4.69, 9.17) is 18.9 Å². The van der Waals surface area contributed by atoms with Gasteiger partial charge in [-0.1, -0.05) is 0 Å². The number of carbonyl (C=O) groups is 5. The second-order valence-corrected chi connectivity index (χ2v) is 7.10. The predicted molar refractivity (Wildman–Crippen MR) is 97.9 cm³/mol. The number of allylic oxidation sites excluding steroid dienone is 4. The van der Waals surface area contributed by atoms with E-state index in [9.17, 15) is 24.0 Å². The molecule has 4 unspecified atom stereocenters. The van der Waals surface area contributed by atoms with Crippen molar-refractivity contribution in [1.29, 1.82) is 0 Å². The SMILES string of the molecule is COC1OC(C(=O)C2CC3=C(C(=O)C=CC3=O)C(OC)O2)CC2=C1C(=O)C=CC2=O. The Morgan fingerprint density at radius 3 is 1.47 bits per heavy atom. The highest BCUT2D eigenvalue weighted by Gasteiger charge is 2.45. The van der Waals surface area contributed by atoms with Crippen LogP contribution in [0.5, 0.6) is 0 Å². The third kappa shape index (κ3) is 3.25. The van der Waals surface area contributed by atoms with Crippen molar-refractivity contribution in [2.45, 2.75) is 37.6 Å². The van der Waals surface area contributed by atoms with Gasteiger partial charge in [-0.05, 0) is 24.3 Å². The van der Waals surface area contributed by atoms with Gasteiger partial charge in [0.15, 0.2) is 41.5 Å². The molecule has 0 saturated heterocycles. The third-order valence-electron chi connectivity index (χ3n) is 5.44. The standard InChI is InChI=1S/C21H18O9/c1-27-20-17-9(11(22)3-5-13(17)24)7-15(29-20)19(26)16-8-10-12(23)4-6-14(25)18(10)21(28-2)30-16/h3-6,15-16,20-21H,7-8H2,1-2H3. The van der Waals surface area contributed by atoms with Gasteiger partial charge in [-0.25, -0.2) is 0 Å². The van der Waals surface area contributed by atoms with Gasteiger partial charge in [-0.2, -0.15) is 0 Å². The molecule has 0 saturated carbocycles. The van der Waals surface area contributed by atoms with E-state index in [1.807, 2.05) is 0 Å². The van der Waals surface area contributed by atoms with Gasteiger partial charge in [0.2, 0.25) is 0 Å². The molecule has 2 aliphatic carbocycles. The summed E-state index contributed by atoms with van der Waals surface area (Å²) in [6.45, 7) is 0. The Morgan fingerprint density at radius 2 is 1.10 bits per heavy atom. The van der Waals surface area contributed by atoms with Crippen LogP contribution in [0, 0.1) is 0 Å². The van der Waals surface area contributed by atoms with E-state index in [0.717, 1.165) is 24.3 Å². The lowest BCUT2D eigenvalue weighted by Gasteiger charge is -2.36. The number of rotatable bonds is 4. The van der Waals surface area contributed by atoms with Crippen LogP contribution < -0.4 is 0 Å². The molecule has 9 heteroatoms. The Morgan fingerprint density at radius 1 is 0.733 bits per heavy atom. The molecule has 0 N–H and O–H groups in total. The van der Waals surface area contributed by atoms with E-state index in [-0.39, 0.29) is 35.1 Å². The molecule has 0 spiro atoms. The maximum Gasteiger partial charge on any atom is 0.191 e. The fourth-order valence-electron chi connectivity index (χ4n) is 3.98. The molecular formula is C21H18O9. The lowest BCUT2D eigenvalue weighted by molar-refractivity contribution is -0.186. The van der Waals surface area contributed by atoms with Crippen molar-refractivity contribution in [3.05, 3.63) is 46.6 Å². The summed E-state index contributed by atoms with van der Waals surface area (Å²) >= 11 is 0. The molecule has 0 aromatic rings. The van der Waals surface area contributed by atoms with Crippen molar-refractivity contribution in [2.24, 2.45) is 0 Å². The largest absolute Gasteiger partial charge is 0.351 e. The van der Waals surface area contributed by atoms with Crippen LogP contribution in [-0.4, -0.2) is 67.9 Å². The van der Waals surface area contributed by atoms with Crippen LogP contribution in [-0.2, 0) is 42.9 Å². The maximum absolute atomic E-state index is 13.2. The molecule has 2 aliphatic heterocycles. The zero-order valence-electron chi connectivity index (χ0n) is 16.2. The van der Waals surface area contributed by atoms with Gasteiger partial charge in [0.05, 0.1) is 11.1 Å². The van der Waals surface area contributed by atoms with Crippen molar-refractivity contribution in [1.82, 2.24) is 0 Å². The molecule has 2 heterocycles. The first-order chi connectivity index (χ1) is 14.3. The van der Waals surface area contributed by atoms with Crippen molar-refractivity contribution in [3.63, 3.8) is 0 Å². The fourth-order valence-corrected chi connectivity index (χ4v) is 3.98. The number of Topliss-reactive ketones (excluding diaryl/α,β-unsaturated/α-hetero) is 1. The van der Waals surface area contributed by atoms with Crippen molar-refractivity contribution < 1.29 is 42.9 Å². The van der Waals surface area contributed by atoms with Crippen LogP contribution in [0.4, 0.5) is 0 Å². The summed E-state index contributed by atoms with van der Waals surface area (Å²) in [5, 5.41) is 0. The Bertz CT molecular complexity index is 916. The molecule has 0 radical (unpaired) electrons. The minimum atomic E-state index is -1.18. The summed E-state index contributed by atoms with van der Waals surface area (Å²) < 4.78 is 21.7. The van der Waals surface area contributed by atoms with E-state index in [0.29, 0.717) is 0 Å². The first-order valence-corrected chi connectivity index (χ1v) is 9.25. The van der Waals surface area contributed by atoms with E-state index in [1.54, 1.807) is 0 Å². The quantitative estimate of drug-likeness (QED) is 0.589. The first kappa shape index (κ1) is 20.4. The minimum absolute atomic E-state index is 0.0802. The van der Waals surface area contributed by atoms with E-state index in [1.165, 1.54) is 14.2 Å². The highest BCUT2D eigenvalue weighted by Crippen LogP contribution is 2.35. The van der Waals surface area contributed by atoms with Crippen LogP contribution in [0.25, 0.3) is 0 Å². The smallest absolute Gasteiger partial charge is 0.191 e. The van der Waals surface area contributed by atoms with Gasteiger partial charge in [0.1, 0.15) is 12.2 Å². The highest BCUT2D eigenvalue weighted by atomic mass is 16.7. The van der Waals surface area contributed by atoms with Crippen LogP contribution in [0.3, 0.4) is 0 Å². The van der Waals surface area contributed by atoms with Crippen LogP contribution >= 0.6 is 0 Å². The van der Waals surface area contributed by atoms with Crippen LogP contribution in [0.2, 0.25) is 0 Å². The number of ketones is 5. The molecule has 0 fully saturated rings. The number of carbonyl (C=O) groups excluding carboxylic acids is 5. The Balaban J connectivity index is 1.61. The van der Waals surface area contributed by atoms with Gasteiger partial charge in [0.25, 0.3) is 0 Å². The summed E-state index contributed by atoms with van der Waals surface area (Å²) in [6, 6.07) is 0. The molecule has 4 aliphatic rings. The topological polar surface area (TPSA) is 122 Å². The number of ether oxygens (including phenoxy) is 4. The Hall–Kier alpha value is -2.85. The Labute approximate surface area is 171 Å². The summed E-state index contributed by atoms with van der Waals surface area (Å²) in [6.07, 6.45) is -0.305. The van der Waals surface area contributed by atoms with Gasteiger partial charge < -0.3 is 18.9 Å². The highest BCUT2D eigenvalue weighted by molar-refractivity contribution is 6.22. The summed E-state index contributed by atoms with van der Waals surface area (Å²) in [7, 11) is 2.60. The zero-order valence-corrected chi connectivity index (χ0v) is 16.2. The molecule has 0 aromatic carbocycles. The lowest BCUT2D eigenvalue weighted by Crippen LogP contribution is -2.48. The van der Waals surface area contributed by atoms with E-state index < -0.39 is 53.7 Å². The van der Waals surface area contributed by atoms with Gasteiger partial charge >= 0.3 is 0 Å². The molecule has 156 valence electrons. The lowest BCUT2D eigenvalue weighted by atomic mass is 9.83. The third-order valence-corrected chi connectivity index (χ3v) is 5.44. The van der Waals surface area contributed by atoms with E-state index >= 15 is 0 Å². The monoisotopic (exact) mass is 414 g/mol. The van der Waals surface area contributed by atoms with Crippen molar-refractivity contribution in [3.8, 4) is 0 Å². The predicted octanol–water partition coefficient (Wildman–Crippen LogP) is 0.0875. The average molecular weight is 414 g/mol. The fraction of sp³-hybridized carbons (Fsp3) is 0.381. The van der Waals surface area contributed by atoms with E-state index in [2.05, 4.69) is 0 Å². The van der Waals surface area contributed by atoms with Crippen molar-refractivity contribution >= 4 is 28.9 Å². The normalized spacial score (nSPS) is 31.3. The van der Waals surface area contributed by atoms with Gasteiger partial charge in [0, 0.05) is 38.2 Å². The summed E-state index contributed by atoms with van der Waals surface area (Å²) in [5.74, 6) is -2.15. The molecule has 9 nitrogen and oxygen atoms in total. The summed E-state index contributed by atoms with van der Waals surface area (Å²) in [5.41, 5.74) is 0.475. The molecule has 0 aromatic heterocycles. The molecular weight excluding hydrogens is 396 g/mol. The second-order valence-electron chi connectivity index (χ2n) is 7.10. The van der Waals surface area contributed by atoms with Crippen molar-refractivity contribution in [2.75, 3.05) is 14.2 Å². The maximum atomic E-state index is 13.2. The van der Waals surface area contributed by atoms with Crippen LogP contribution in [0.1, 0.15) is 12.8 Å². The number of methoxy groups -OCH3 is 2. The van der Waals surface area contributed by atoms with Crippen LogP contribution in [0.15, 0.2) is 46.6 Å². The molecule has 4 rings (SSSR count). The molecule has 30 heavy (non-hydrogen) atoms. The summed E-state index contributed by atoms with van der Waals surface area (Å²) in [4.78, 5) is 62.0. The minimum Gasteiger partial charge on any atom is -0.351 e. The molecule has 0 bridgehead atoms. The van der Waals surface area contributed by atoms with Gasteiger partial charge in [-0.15, -0.1) is 0 Å². The zero-order chi connectivity index (χ0) is 21.6. The van der Waals surface area contributed by atoms with Gasteiger partial charge in [-0.3, -0.25) is 24.0 Å². The average Bonchev–Trinajstić information content (AvgIpc) is 2.76.